The van der Waals surface area contributed by atoms with E-state index in [1.54, 1.807) is 6.07 Å². The zero-order valence-corrected chi connectivity index (χ0v) is 12.7. The van der Waals surface area contributed by atoms with Gasteiger partial charge in [-0.25, -0.2) is 4.39 Å². The summed E-state index contributed by atoms with van der Waals surface area (Å²) in [6, 6.07) is 8.61. The molecule has 4 heteroatoms. The highest BCUT2D eigenvalue weighted by Gasteiger charge is 2.18. The molecule has 2 nitrogen and oxygen atoms in total. The van der Waals surface area contributed by atoms with Crippen LogP contribution < -0.4 is 9.47 Å². The molecule has 0 unspecified atom stereocenters. The normalized spacial score (nSPS) is 12.9. The molecule has 0 saturated carbocycles. The molecule has 0 fully saturated rings. The number of rotatable bonds is 3. The zero-order valence-electron chi connectivity index (χ0n) is 11.1. The fraction of sp³-hybridized carbons (Fsp3) is 0.250. The lowest BCUT2D eigenvalue weighted by Crippen LogP contribution is -2.00. The number of hydrogen-bond donors (Lipinski definition) is 0. The van der Waals surface area contributed by atoms with Crippen LogP contribution in [0.4, 0.5) is 4.39 Å². The summed E-state index contributed by atoms with van der Waals surface area (Å²) in [5.41, 5.74) is 3.09. The third-order valence-electron chi connectivity index (χ3n) is 3.36. The first-order chi connectivity index (χ1) is 9.63. The molecule has 2 aromatic carbocycles. The molecule has 0 saturated heterocycles. The zero-order chi connectivity index (χ0) is 14.1. The van der Waals surface area contributed by atoms with Gasteiger partial charge in [0.25, 0.3) is 0 Å². The van der Waals surface area contributed by atoms with Crippen molar-refractivity contribution < 1.29 is 13.9 Å². The molecule has 104 valence electrons. The smallest absolute Gasteiger partial charge is 0.129 e. The van der Waals surface area contributed by atoms with Gasteiger partial charge in [0.05, 0.1) is 6.61 Å². The molecule has 0 aromatic heterocycles. The Bertz CT molecular complexity index is 655. The fourth-order valence-electron chi connectivity index (χ4n) is 2.34. The summed E-state index contributed by atoms with van der Waals surface area (Å²) in [6.07, 6.45) is 0.917. The first kappa shape index (κ1) is 13.4. The molecule has 0 bridgehead atoms. The van der Waals surface area contributed by atoms with E-state index < -0.39 is 0 Å². The topological polar surface area (TPSA) is 18.5 Å². The molecule has 0 amide bonds. The van der Waals surface area contributed by atoms with Gasteiger partial charge in [-0.15, -0.1) is 0 Å². The molecule has 1 heterocycles. The number of fused-ring (bicyclic) bond motifs is 1. The summed E-state index contributed by atoms with van der Waals surface area (Å²) in [7, 11) is 0. The largest absolute Gasteiger partial charge is 0.493 e. The van der Waals surface area contributed by atoms with E-state index in [0.29, 0.717) is 19.0 Å². The van der Waals surface area contributed by atoms with E-state index in [1.165, 1.54) is 17.7 Å². The van der Waals surface area contributed by atoms with Gasteiger partial charge in [0.1, 0.15) is 23.9 Å². The average Bonchev–Trinajstić information content (AvgIpc) is 2.87. The van der Waals surface area contributed by atoms with Gasteiger partial charge in [0, 0.05) is 22.5 Å². The molecular formula is C16H14BrFO2. The number of ether oxygens (including phenoxy) is 2. The maximum atomic E-state index is 13.2. The van der Waals surface area contributed by atoms with E-state index in [1.807, 2.05) is 13.0 Å². The molecule has 0 spiro atoms. The minimum Gasteiger partial charge on any atom is -0.493 e. The second-order valence-corrected chi connectivity index (χ2v) is 5.77. The Morgan fingerprint density at radius 1 is 1.30 bits per heavy atom. The number of hydrogen-bond acceptors (Lipinski definition) is 2. The first-order valence-corrected chi connectivity index (χ1v) is 7.26. The van der Waals surface area contributed by atoms with Gasteiger partial charge in [-0.05, 0) is 36.2 Å². The molecule has 3 rings (SSSR count). The van der Waals surface area contributed by atoms with Gasteiger partial charge in [-0.2, -0.15) is 0 Å². The van der Waals surface area contributed by atoms with Crippen LogP contribution in [0.3, 0.4) is 0 Å². The van der Waals surface area contributed by atoms with Crippen LogP contribution in [0.15, 0.2) is 34.8 Å². The van der Waals surface area contributed by atoms with Crippen LogP contribution in [-0.4, -0.2) is 6.61 Å². The summed E-state index contributed by atoms with van der Waals surface area (Å²) in [6.45, 7) is 2.97. The molecule has 0 atom stereocenters. The lowest BCUT2D eigenvalue weighted by Gasteiger charge is -2.12. The van der Waals surface area contributed by atoms with Gasteiger partial charge in [0.15, 0.2) is 0 Å². The van der Waals surface area contributed by atoms with Crippen molar-refractivity contribution in [2.75, 3.05) is 6.61 Å². The molecule has 0 radical (unpaired) electrons. The van der Waals surface area contributed by atoms with Crippen LogP contribution in [0.1, 0.15) is 16.7 Å². The third kappa shape index (κ3) is 2.66. The summed E-state index contributed by atoms with van der Waals surface area (Å²) in [5.74, 6) is 1.18. The van der Waals surface area contributed by atoms with E-state index in [4.69, 9.17) is 9.47 Å². The summed E-state index contributed by atoms with van der Waals surface area (Å²) in [5, 5.41) is 0. The number of aryl methyl sites for hydroxylation is 1. The van der Waals surface area contributed by atoms with E-state index in [2.05, 4.69) is 22.0 Å². The van der Waals surface area contributed by atoms with Gasteiger partial charge >= 0.3 is 0 Å². The van der Waals surface area contributed by atoms with Crippen LogP contribution in [0.25, 0.3) is 0 Å². The molecule has 2 aromatic rings. The van der Waals surface area contributed by atoms with E-state index >= 15 is 0 Å². The predicted molar refractivity (Wildman–Crippen MR) is 78.8 cm³/mol. The second kappa shape index (κ2) is 5.44. The van der Waals surface area contributed by atoms with Crippen LogP contribution in [0.5, 0.6) is 11.5 Å². The van der Waals surface area contributed by atoms with Crippen LogP contribution >= 0.6 is 15.9 Å². The van der Waals surface area contributed by atoms with Crippen molar-refractivity contribution in [1.29, 1.82) is 0 Å². The maximum Gasteiger partial charge on any atom is 0.129 e. The molecule has 0 aliphatic carbocycles. The SMILES string of the molecule is Cc1ccc(F)cc1OCc1cc(Br)cc2c1OCC2. The van der Waals surface area contributed by atoms with Crippen molar-refractivity contribution in [3.05, 3.63) is 57.3 Å². The quantitative estimate of drug-likeness (QED) is 0.826. The summed E-state index contributed by atoms with van der Waals surface area (Å²) < 4.78 is 25.7. The lowest BCUT2D eigenvalue weighted by molar-refractivity contribution is 0.289. The van der Waals surface area contributed by atoms with Crippen LogP contribution in [0, 0.1) is 12.7 Å². The lowest BCUT2D eigenvalue weighted by atomic mass is 10.1. The third-order valence-corrected chi connectivity index (χ3v) is 3.82. The highest BCUT2D eigenvalue weighted by atomic mass is 79.9. The maximum absolute atomic E-state index is 13.2. The summed E-state index contributed by atoms with van der Waals surface area (Å²) in [4.78, 5) is 0. The van der Waals surface area contributed by atoms with E-state index in [0.717, 1.165) is 27.8 Å². The highest BCUT2D eigenvalue weighted by molar-refractivity contribution is 9.10. The Morgan fingerprint density at radius 2 is 2.15 bits per heavy atom. The van der Waals surface area contributed by atoms with Crippen molar-refractivity contribution in [2.24, 2.45) is 0 Å². The molecule has 1 aliphatic heterocycles. The second-order valence-electron chi connectivity index (χ2n) is 4.85. The number of benzene rings is 2. The standard InChI is InChI=1S/C16H14BrFO2/c1-10-2-3-14(18)8-15(10)20-9-12-7-13(17)6-11-4-5-19-16(11)12/h2-3,6-8H,4-5,9H2,1H3. The van der Waals surface area contributed by atoms with E-state index in [9.17, 15) is 4.39 Å². The van der Waals surface area contributed by atoms with Gasteiger partial charge < -0.3 is 9.47 Å². The fourth-order valence-corrected chi connectivity index (χ4v) is 2.89. The number of halogens is 2. The van der Waals surface area contributed by atoms with Gasteiger partial charge in [0.2, 0.25) is 0 Å². The molecule has 0 N–H and O–H groups in total. The molecular weight excluding hydrogens is 323 g/mol. The van der Waals surface area contributed by atoms with Crippen LogP contribution in [-0.2, 0) is 13.0 Å². The monoisotopic (exact) mass is 336 g/mol. The minimum absolute atomic E-state index is 0.290. The minimum atomic E-state index is -0.290. The van der Waals surface area contributed by atoms with Gasteiger partial charge in [-0.1, -0.05) is 22.0 Å². The Kier molecular flexibility index (Phi) is 3.66. The Labute approximate surface area is 125 Å². The van der Waals surface area contributed by atoms with E-state index in [-0.39, 0.29) is 5.82 Å². The first-order valence-electron chi connectivity index (χ1n) is 6.46. The van der Waals surface area contributed by atoms with Crippen molar-refractivity contribution in [3.8, 4) is 11.5 Å². The Morgan fingerprint density at radius 3 is 3.00 bits per heavy atom. The van der Waals surface area contributed by atoms with Crippen LogP contribution in [0.2, 0.25) is 0 Å². The molecule has 20 heavy (non-hydrogen) atoms. The van der Waals surface area contributed by atoms with Crippen molar-refractivity contribution in [3.63, 3.8) is 0 Å². The Balaban J connectivity index is 1.84. The summed E-state index contributed by atoms with van der Waals surface area (Å²) >= 11 is 3.50. The Hall–Kier alpha value is -1.55. The van der Waals surface area contributed by atoms with Crippen molar-refractivity contribution >= 4 is 15.9 Å². The van der Waals surface area contributed by atoms with Gasteiger partial charge in [-0.3, -0.25) is 0 Å². The average molecular weight is 337 g/mol. The highest BCUT2D eigenvalue weighted by Crippen LogP contribution is 2.34. The van der Waals surface area contributed by atoms with Crippen molar-refractivity contribution in [1.82, 2.24) is 0 Å². The van der Waals surface area contributed by atoms with Crippen molar-refractivity contribution in [2.45, 2.75) is 20.0 Å². The molecule has 1 aliphatic rings. The predicted octanol–water partition coefficient (Wildman–Crippen LogP) is 4.41.